The molecule has 0 bridgehead atoms. The van der Waals surface area contributed by atoms with Crippen LogP contribution >= 0.6 is 11.3 Å². The Morgan fingerprint density at radius 2 is 2.00 bits per heavy atom. The summed E-state index contributed by atoms with van der Waals surface area (Å²) in [7, 11) is -3.50. The number of sulfonamides is 1. The van der Waals surface area contributed by atoms with Gasteiger partial charge in [0.05, 0.1) is 16.6 Å². The van der Waals surface area contributed by atoms with E-state index in [0.29, 0.717) is 45.6 Å². The summed E-state index contributed by atoms with van der Waals surface area (Å²) in [5.41, 5.74) is 2.45. The molecular weight excluding hydrogens is 412 g/mol. The average molecular weight is 433 g/mol. The minimum atomic E-state index is -3.50. The van der Waals surface area contributed by atoms with E-state index in [2.05, 4.69) is 10.1 Å². The lowest BCUT2D eigenvalue weighted by Crippen LogP contribution is -2.50. The number of carbonyl (C=O) groups is 1. The number of piperazine rings is 1. The minimum Gasteiger partial charge on any atom is -0.336 e. The van der Waals surface area contributed by atoms with Crippen LogP contribution in [0.4, 0.5) is 0 Å². The highest BCUT2D eigenvalue weighted by molar-refractivity contribution is 7.91. The molecule has 1 saturated carbocycles. The van der Waals surface area contributed by atoms with E-state index in [1.165, 1.54) is 15.6 Å². The van der Waals surface area contributed by atoms with Crippen molar-refractivity contribution in [3.63, 3.8) is 0 Å². The lowest BCUT2D eigenvalue weighted by Gasteiger charge is -2.33. The van der Waals surface area contributed by atoms with Gasteiger partial charge < -0.3 is 9.42 Å². The van der Waals surface area contributed by atoms with Crippen molar-refractivity contribution in [1.82, 2.24) is 19.3 Å². The van der Waals surface area contributed by atoms with Crippen molar-refractivity contribution in [2.45, 2.75) is 29.9 Å². The molecule has 1 amide bonds. The summed E-state index contributed by atoms with van der Waals surface area (Å²) in [4.78, 5) is 19.5. The van der Waals surface area contributed by atoms with Gasteiger partial charge in [-0.3, -0.25) is 4.79 Å². The number of aromatic nitrogens is 2. The van der Waals surface area contributed by atoms with E-state index >= 15 is 0 Å². The minimum absolute atomic E-state index is 0.126. The average Bonchev–Trinajstić information content (AvgIpc) is 3.29. The number of carbonyl (C=O) groups excluding carboxylic acids is 1. The first-order valence-corrected chi connectivity index (χ1v) is 11.9. The van der Waals surface area contributed by atoms with Gasteiger partial charge in [0, 0.05) is 37.8 Å². The topological polar surface area (TPSA) is 96.6 Å². The third-order valence-corrected chi connectivity index (χ3v) is 8.75. The molecule has 0 N–H and O–H groups in total. The van der Waals surface area contributed by atoms with Gasteiger partial charge in [-0.25, -0.2) is 13.4 Å². The van der Waals surface area contributed by atoms with E-state index in [1.54, 1.807) is 29.3 Å². The predicted octanol–water partition coefficient (Wildman–Crippen LogP) is 2.62. The Labute approximate surface area is 172 Å². The molecule has 10 heteroatoms. The molecule has 4 heterocycles. The number of pyridine rings is 1. The first-order valence-electron chi connectivity index (χ1n) is 9.55. The highest BCUT2D eigenvalue weighted by Gasteiger charge is 2.33. The molecule has 1 aliphatic heterocycles. The van der Waals surface area contributed by atoms with Crippen LogP contribution in [-0.4, -0.2) is 59.8 Å². The maximum atomic E-state index is 13.3. The number of rotatable bonds is 4. The molecule has 3 aromatic heterocycles. The van der Waals surface area contributed by atoms with Crippen LogP contribution < -0.4 is 0 Å². The Bertz CT molecular complexity index is 1170. The SMILES string of the molecule is Cc1noc2nc(C3CC3)cc(C(=O)N3CCN(S(=O)(=O)c4cccs4)CC3)c12. The maximum absolute atomic E-state index is 13.3. The highest BCUT2D eigenvalue weighted by atomic mass is 32.2. The Morgan fingerprint density at radius 3 is 2.66 bits per heavy atom. The van der Waals surface area contributed by atoms with Crippen LogP contribution in [0.3, 0.4) is 0 Å². The van der Waals surface area contributed by atoms with Crippen molar-refractivity contribution < 1.29 is 17.7 Å². The molecule has 5 rings (SSSR count). The molecule has 3 aromatic rings. The molecule has 0 radical (unpaired) electrons. The van der Waals surface area contributed by atoms with Gasteiger partial charge >= 0.3 is 0 Å². The summed E-state index contributed by atoms with van der Waals surface area (Å²) >= 11 is 1.21. The Kier molecular flexibility index (Phi) is 4.45. The standard InChI is InChI=1S/C19H20N4O4S2/c1-12-17-14(11-15(13-4-5-13)20-18(17)27-21-12)19(24)22-6-8-23(9-7-22)29(25,26)16-3-2-10-28-16/h2-3,10-11,13H,4-9H2,1H3. The van der Waals surface area contributed by atoms with E-state index in [0.717, 1.165) is 18.5 Å². The zero-order valence-corrected chi connectivity index (χ0v) is 17.5. The molecule has 8 nitrogen and oxygen atoms in total. The molecule has 1 saturated heterocycles. The Hall–Kier alpha value is -2.30. The second kappa shape index (κ2) is 6.89. The molecule has 0 aromatic carbocycles. The summed E-state index contributed by atoms with van der Waals surface area (Å²) in [5.74, 6) is 0.253. The van der Waals surface area contributed by atoms with E-state index < -0.39 is 10.0 Å². The third-order valence-electron chi connectivity index (χ3n) is 5.48. The molecule has 2 fully saturated rings. The van der Waals surface area contributed by atoms with Crippen LogP contribution in [0, 0.1) is 6.92 Å². The number of nitrogens with zero attached hydrogens (tertiary/aromatic N) is 4. The zero-order chi connectivity index (χ0) is 20.2. The van der Waals surface area contributed by atoms with E-state index in [4.69, 9.17) is 4.52 Å². The molecule has 1 aliphatic carbocycles. The summed E-state index contributed by atoms with van der Waals surface area (Å²) in [5, 5.41) is 6.38. The van der Waals surface area contributed by atoms with Gasteiger partial charge in [-0.05, 0) is 37.3 Å². The predicted molar refractivity (Wildman–Crippen MR) is 107 cm³/mol. The third kappa shape index (κ3) is 3.24. The van der Waals surface area contributed by atoms with Crippen LogP contribution in [-0.2, 0) is 10.0 Å². The Morgan fingerprint density at radius 1 is 1.24 bits per heavy atom. The van der Waals surface area contributed by atoms with Crippen LogP contribution in [0.5, 0.6) is 0 Å². The smallest absolute Gasteiger partial charge is 0.259 e. The lowest BCUT2D eigenvalue weighted by atomic mass is 10.1. The van der Waals surface area contributed by atoms with Gasteiger partial charge in [0.25, 0.3) is 21.6 Å². The summed E-state index contributed by atoms with van der Waals surface area (Å²) in [6.45, 7) is 3.04. The van der Waals surface area contributed by atoms with Gasteiger partial charge in [-0.1, -0.05) is 11.2 Å². The number of hydrogen-bond donors (Lipinski definition) is 0. The van der Waals surface area contributed by atoms with Crippen LogP contribution in [0.15, 0.2) is 32.3 Å². The second-order valence-electron chi connectivity index (χ2n) is 7.45. The van der Waals surface area contributed by atoms with Gasteiger partial charge in [0.1, 0.15) is 4.21 Å². The van der Waals surface area contributed by atoms with E-state index in [-0.39, 0.29) is 19.0 Å². The number of aryl methyl sites for hydroxylation is 1. The first-order chi connectivity index (χ1) is 13.9. The van der Waals surface area contributed by atoms with Gasteiger partial charge in [0.2, 0.25) is 0 Å². The highest BCUT2D eigenvalue weighted by Crippen LogP contribution is 2.40. The molecule has 2 aliphatic rings. The number of fused-ring (bicyclic) bond motifs is 1. The molecule has 29 heavy (non-hydrogen) atoms. The molecule has 152 valence electrons. The van der Waals surface area contributed by atoms with Crippen molar-refractivity contribution in [2.24, 2.45) is 0 Å². The van der Waals surface area contributed by atoms with E-state index in [1.807, 2.05) is 6.07 Å². The van der Waals surface area contributed by atoms with Crippen LogP contribution in [0.25, 0.3) is 11.1 Å². The van der Waals surface area contributed by atoms with Crippen molar-refractivity contribution >= 4 is 38.4 Å². The van der Waals surface area contributed by atoms with Crippen molar-refractivity contribution in [3.05, 3.63) is 40.5 Å². The first kappa shape index (κ1) is 18.7. The maximum Gasteiger partial charge on any atom is 0.259 e. The fourth-order valence-electron chi connectivity index (χ4n) is 3.71. The fourth-order valence-corrected chi connectivity index (χ4v) is 6.28. The fraction of sp³-hybridized carbons (Fsp3) is 0.421. The Balaban J connectivity index is 1.39. The van der Waals surface area contributed by atoms with Gasteiger partial charge in [0.15, 0.2) is 0 Å². The molecule has 0 unspecified atom stereocenters. The number of hydrogen-bond acceptors (Lipinski definition) is 7. The van der Waals surface area contributed by atoms with E-state index in [9.17, 15) is 13.2 Å². The number of thiophene rings is 1. The lowest BCUT2D eigenvalue weighted by molar-refractivity contribution is 0.0699. The van der Waals surface area contributed by atoms with Crippen molar-refractivity contribution in [3.8, 4) is 0 Å². The summed E-state index contributed by atoms with van der Waals surface area (Å²) in [6, 6.07) is 5.20. The summed E-state index contributed by atoms with van der Waals surface area (Å²) < 4.78 is 32.5. The number of amides is 1. The van der Waals surface area contributed by atoms with Gasteiger partial charge in [-0.15, -0.1) is 11.3 Å². The zero-order valence-electron chi connectivity index (χ0n) is 15.9. The van der Waals surface area contributed by atoms with Crippen LogP contribution in [0.1, 0.15) is 40.5 Å². The van der Waals surface area contributed by atoms with Gasteiger partial charge in [-0.2, -0.15) is 4.31 Å². The molecule has 0 spiro atoms. The quantitative estimate of drug-likeness (QED) is 0.629. The van der Waals surface area contributed by atoms with Crippen molar-refractivity contribution in [1.29, 1.82) is 0 Å². The monoisotopic (exact) mass is 432 g/mol. The second-order valence-corrected chi connectivity index (χ2v) is 10.6. The molecular formula is C19H20N4O4S2. The summed E-state index contributed by atoms with van der Waals surface area (Å²) in [6.07, 6.45) is 2.14. The normalized spacial score (nSPS) is 18.4. The largest absolute Gasteiger partial charge is 0.336 e. The molecule has 0 atom stereocenters. The van der Waals surface area contributed by atoms with Crippen molar-refractivity contribution in [2.75, 3.05) is 26.2 Å². The van der Waals surface area contributed by atoms with Crippen LogP contribution in [0.2, 0.25) is 0 Å².